The SMILES string of the molecule is CC(C)[C@@H]1CCC[C@H](COC(=O)N2CCN(CC3CC3)C[C@H]2C)N1S(=O)(=O)c1ccc(Cl)cc1. The van der Waals surface area contributed by atoms with E-state index in [1.165, 1.54) is 12.8 Å². The molecule has 4 rings (SSSR count). The summed E-state index contributed by atoms with van der Waals surface area (Å²) in [6.45, 7) is 9.74. The summed E-state index contributed by atoms with van der Waals surface area (Å²) >= 11 is 5.99. The fourth-order valence-corrected chi connectivity index (χ4v) is 7.47. The zero-order chi connectivity index (χ0) is 24.5. The molecule has 34 heavy (non-hydrogen) atoms. The molecule has 2 saturated heterocycles. The number of piperazine rings is 1. The van der Waals surface area contributed by atoms with Crippen molar-refractivity contribution in [2.75, 3.05) is 32.8 Å². The summed E-state index contributed by atoms with van der Waals surface area (Å²) in [6, 6.07) is 5.87. The van der Waals surface area contributed by atoms with E-state index in [0.717, 1.165) is 38.4 Å². The number of halogens is 1. The van der Waals surface area contributed by atoms with Gasteiger partial charge in [0.05, 0.1) is 10.9 Å². The number of nitrogens with zero attached hydrogens (tertiary/aromatic N) is 3. The van der Waals surface area contributed by atoms with Gasteiger partial charge in [-0.3, -0.25) is 4.90 Å². The molecule has 1 amide bonds. The van der Waals surface area contributed by atoms with Gasteiger partial charge < -0.3 is 9.64 Å². The van der Waals surface area contributed by atoms with Crippen molar-refractivity contribution in [3.05, 3.63) is 29.3 Å². The minimum absolute atomic E-state index is 0.0733. The molecule has 3 fully saturated rings. The maximum Gasteiger partial charge on any atom is 0.410 e. The molecule has 0 unspecified atom stereocenters. The Morgan fingerprint density at radius 2 is 1.82 bits per heavy atom. The number of carbonyl (C=O) groups excluding carboxylic acids is 1. The first-order valence-corrected chi connectivity index (χ1v) is 14.4. The molecule has 2 aliphatic heterocycles. The van der Waals surface area contributed by atoms with Gasteiger partial charge >= 0.3 is 6.09 Å². The summed E-state index contributed by atoms with van der Waals surface area (Å²) in [6.07, 6.45) is 4.70. The Kier molecular flexibility index (Phi) is 8.12. The average molecular weight is 512 g/mol. The van der Waals surface area contributed by atoms with E-state index in [4.69, 9.17) is 16.3 Å². The number of rotatable bonds is 7. The number of carbonyl (C=O) groups is 1. The van der Waals surface area contributed by atoms with Gasteiger partial charge in [0.15, 0.2) is 0 Å². The first-order valence-electron chi connectivity index (χ1n) is 12.6. The molecule has 3 aliphatic rings. The smallest absolute Gasteiger partial charge is 0.410 e. The second kappa shape index (κ2) is 10.7. The molecule has 1 aromatic rings. The first-order chi connectivity index (χ1) is 16.2. The number of sulfonamides is 1. The Labute approximate surface area is 209 Å². The van der Waals surface area contributed by atoms with Crippen LogP contribution in [0.4, 0.5) is 4.79 Å². The van der Waals surface area contributed by atoms with Crippen molar-refractivity contribution < 1.29 is 17.9 Å². The molecule has 1 aromatic carbocycles. The fourth-order valence-electron chi connectivity index (χ4n) is 5.36. The van der Waals surface area contributed by atoms with Crippen molar-refractivity contribution in [1.82, 2.24) is 14.1 Å². The quantitative estimate of drug-likeness (QED) is 0.540. The first kappa shape index (κ1) is 25.7. The minimum Gasteiger partial charge on any atom is -0.448 e. The van der Waals surface area contributed by atoms with Crippen LogP contribution in [0.3, 0.4) is 0 Å². The van der Waals surface area contributed by atoms with E-state index in [-0.39, 0.29) is 41.6 Å². The van der Waals surface area contributed by atoms with Crippen LogP contribution < -0.4 is 0 Å². The third-order valence-electron chi connectivity index (χ3n) is 7.44. The molecule has 0 bridgehead atoms. The normalized spacial score (nSPS) is 27.2. The molecular formula is C25H38ClN3O4S. The third-order valence-corrected chi connectivity index (χ3v) is 9.69. The van der Waals surface area contributed by atoms with Crippen LogP contribution in [0.5, 0.6) is 0 Å². The lowest BCUT2D eigenvalue weighted by Crippen LogP contribution is -2.56. The molecule has 7 nitrogen and oxygen atoms in total. The Hall–Kier alpha value is -1.35. The molecule has 0 spiro atoms. The maximum atomic E-state index is 13.7. The van der Waals surface area contributed by atoms with E-state index in [2.05, 4.69) is 11.8 Å². The monoisotopic (exact) mass is 511 g/mol. The highest BCUT2D eigenvalue weighted by Crippen LogP contribution is 2.34. The van der Waals surface area contributed by atoms with E-state index in [1.54, 1.807) is 33.5 Å². The van der Waals surface area contributed by atoms with Crippen LogP contribution in [0.15, 0.2) is 29.2 Å². The Bertz CT molecular complexity index is 951. The minimum atomic E-state index is -3.76. The van der Waals surface area contributed by atoms with Crippen molar-refractivity contribution in [3.8, 4) is 0 Å². The lowest BCUT2D eigenvalue weighted by atomic mass is 9.91. The molecule has 0 aromatic heterocycles. The second-order valence-corrected chi connectivity index (χ2v) is 12.8. The van der Waals surface area contributed by atoms with Gasteiger partial charge in [-0.05, 0) is 68.7 Å². The van der Waals surface area contributed by atoms with Gasteiger partial charge in [0.2, 0.25) is 10.0 Å². The number of hydrogen-bond acceptors (Lipinski definition) is 5. The summed E-state index contributed by atoms with van der Waals surface area (Å²) in [7, 11) is -3.76. The molecule has 9 heteroatoms. The molecule has 2 heterocycles. The zero-order valence-corrected chi connectivity index (χ0v) is 22.1. The van der Waals surface area contributed by atoms with Crippen LogP contribution in [-0.4, -0.2) is 79.5 Å². The topological polar surface area (TPSA) is 70.2 Å². The highest BCUT2D eigenvalue weighted by atomic mass is 35.5. The highest BCUT2D eigenvalue weighted by molar-refractivity contribution is 7.89. The van der Waals surface area contributed by atoms with Gasteiger partial charge in [0.1, 0.15) is 6.61 Å². The van der Waals surface area contributed by atoms with Crippen molar-refractivity contribution in [1.29, 1.82) is 0 Å². The van der Waals surface area contributed by atoms with Crippen LogP contribution in [0, 0.1) is 11.8 Å². The fraction of sp³-hybridized carbons (Fsp3) is 0.720. The number of piperidine rings is 1. The number of amides is 1. The largest absolute Gasteiger partial charge is 0.448 e. The summed E-state index contributed by atoms with van der Waals surface area (Å²) in [5.41, 5.74) is 0. The number of ether oxygens (including phenoxy) is 1. The van der Waals surface area contributed by atoms with Crippen LogP contribution >= 0.6 is 11.6 Å². The van der Waals surface area contributed by atoms with Crippen LogP contribution in [0.2, 0.25) is 5.02 Å². The van der Waals surface area contributed by atoms with Gasteiger partial charge in [-0.2, -0.15) is 4.31 Å². The predicted molar refractivity (Wildman–Crippen MR) is 133 cm³/mol. The lowest BCUT2D eigenvalue weighted by molar-refractivity contribution is 0.0284. The van der Waals surface area contributed by atoms with Crippen molar-refractivity contribution in [2.45, 2.75) is 75.9 Å². The number of hydrogen-bond donors (Lipinski definition) is 0. The summed E-state index contributed by atoms with van der Waals surface area (Å²) in [5, 5.41) is 0.495. The van der Waals surface area contributed by atoms with Crippen LogP contribution in [0.1, 0.15) is 52.9 Å². The van der Waals surface area contributed by atoms with Crippen LogP contribution in [0.25, 0.3) is 0 Å². The Balaban J connectivity index is 1.43. The third kappa shape index (κ3) is 5.89. The van der Waals surface area contributed by atoms with Gasteiger partial charge in [0, 0.05) is 43.3 Å². The summed E-state index contributed by atoms with van der Waals surface area (Å²) in [5.74, 6) is 0.986. The maximum absolute atomic E-state index is 13.7. The van der Waals surface area contributed by atoms with Gasteiger partial charge in [0.25, 0.3) is 0 Å². The molecule has 0 N–H and O–H groups in total. The standard InChI is InChI=1S/C25H38ClN3O4S/c1-18(2)24-6-4-5-22(29(24)34(31,32)23-11-9-21(26)10-12-23)17-33-25(30)28-14-13-27(15-19(28)3)16-20-7-8-20/h9-12,18-20,22,24H,4-8,13-17H2,1-3H3/t19-,22-,24+/m1/s1. The summed E-state index contributed by atoms with van der Waals surface area (Å²) in [4.78, 5) is 17.4. The molecule has 1 aliphatic carbocycles. The van der Waals surface area contributed by atoms with Crippen LogP contribution in [-0.2, 0) is 14.8 Å². The van der Waals surface area contributed by atoms with Crippen molar-refractivity contribution >= 4 is 27.7 Å². The molecule has 1 saturated carbocycles. The van der Waals surface area contributed by atoms with E-state index < -0.39 is 10.0 Å². The Morgan fingerprint density at radius 3 is 2.44 bits per heavy atom. The van der Waals surface area contributed by atoms with Gasteiger partial charge in [-0.1, -0.05) is 31.9 Å². The highest BCUT2D eigenvalue weighted by Gasteiger charge is 2.42. The van der Waals surface area contributed by atoms with E-state index >= 15 is 0 Å². The lowest BCUT2D eigenvalue weighted by Gasteiger charge is -2.43. The molecular weight excluding hydrogens is 474 g/mol. The van der Waals surface area contributed by atoms with E-state index in [0.29, 0.717) is 18.0 Å². The Morgan fingerprint density at radius 1 is 1.12 bits per heavy atom. The summed E-state index contributed by atoms with van der Waals surface area (Å²) < 4.78 is 34.7. The molecule has 190 valence electrons. The van der Waals surface area contributed by atoms with Crippen molar-refractivity contribution in [2.24, 2.45) is 11.8 Å². The van der Waals surface area contributed by atoms with Gasteiger partial charge in [-0.15, -0.1) is 0 Å². The number of benzene rings is 1. The molecule has 3 atom stereocenters. The average Bonchev–Trinajstić information content (AvgIpc) is 3.61. The second-order valence-electron chi connectivity index (χ2n) is 10.5. The van der Waals surface area contributed by atoms with E-state index in [9.17, 15) is 13.2 Å². The zero-order valence-electron chi connectivity index (χ0n) is 20.5. The molecule has 0 radical (unpaired) electrons. The van der Waals surface area contributed by atoms with E-state index in [1.807, 2.05) is 13.8 Å². The van der Waals surface area contributed by atoms with Crippen molar-refractivity contribution in [3.63, 3.8) is 0 Å². The predicted octanol–water partition coefficient (Wildman–Crippen LogP) is 4.46. The van der Waals surface area contributed by atoms with Gasteiger partial charge in [-0.25, -0.2) is 13.2 Å².